The number of hydrogen-bond donors (Lipinski definition) is 0. The minimum absolute atomic E-state index is 0.0363. The third-order valence-electron chi connectivity index (χ3n) is 3.28. The molecular formula is C16H14ClN3O2S. The molecule has 23 heavy (non-hydrogen) atoms. The molecule has 0 amide bonds. The maximum Gasteiger partial charge on any atom is 0.200 e. The average molecular weight is 348 g/mol. The van der Waals surface area contributed by atoms with Gasteiger partial charge in [-0.1, -0.05) is 35.5 Å². The summed E-state index contributed by atoms with van der Waals surface area (Å²) in [5.41, 5.74) is 0.524. The molecule has 0 bridgehead atoms. The second kappa shape index (κ2) is 7.02. The van der Waals surface area contributed by atoms with Gasteiger partial charge in [-0.05, 0) is 31.2 Å². The van der Waals surface area contributed by atoms with Crippen LogP contribution in [-0.2, 0) is 6.54 Å². The van der Waals surface area contributed by atoms with Crippen molar-refractivity contribution >= 4 is 29.1 Å². The lowest BCUT2D eigenvalue weighted by Gasteiger charge is -2.06. The second-order valence-electron chi connectivity index (χ2n) is 4.72. The molecule has 0 aliphatic carbocycles. The zero-order chi connectivity index (χ0) is 16.2. The van der Waals surface area contributed by atoms with Crippen molar-refractivity contribution in [3.63, 3.8) is 0 Å². The normalized spacial score (nSPS) is 10.9. The molecule has 0 spiro atoms. The highest BCUT2D eigenvalue weighted by Crippen LogP contribution is 2.25. The van der Waals surface area contributed by atoms with E-state index in [1.807, 2.05) is 17.6 Å². The van der Waals surface area contributed by atoms with Gasteiger partial charge in [0.1, 0.15) is 0 Å². The van der Waals surface area contributed by atoms with E-state index in [-0.39, 0.29) is 11.5 Å². The van der Waals surface area contributed by atoms with Gasteiger partial charge in [0, 0.05) is 12.1 Å². The maximum absolute atomic E-state index is 12.3. The van der Waals surface area contributed by atoms with Gasteiger partial charge < -0.3 is 4.42 Å². The van der Waals surface area contributed by atoms with E-state index in [0.717, 1.165) is 0 Å². The molecule has 3 aromatic rings. The number of Topliss-reactive ketones (excluding diaryl/α,β-unsaturated/α-hetero) is 1. The molecule has 0 saturated carbocycles. The molecule has 0 atom stereocenters. The average Bonchev–Trinajstić information content (AvgIpc) is 3.21. The van der Waals surface area contributed by atoms with Gasteiger partial charge in [0.05, 0.1) is 17.0 Å². The van der Waals surface area contributed by atoms with E-state index in [1.165, 1.54) is 11.8 Å². The minimum atomic E-state index is -0.0363. The van der Waals surface area contributed by atoms with Crippen LogP contribution in [0.3, 0.4) is 0 Å². The molecular weight excluding hydrogens is 334 g/mol. The van der Waals surface area contributed by atoms with Crippen molar-refractivity contribution in [1.29, 1.82) is 0 Å². The Bertz CT molecular complexity index is 815. The predicted molar refractivity (Wildman–Crippen MR) is 89.9 cm³/mol. The van der Waals surface area contributed by atoms with E-state index in [9.17, 15) is 4.79 Å². The van der Waals surface area contributed by atoms with E-state index in [2.05, 4.69) is 10.2 Å². The fraction of sp³-hybridized carbons (Fsp3) is 0.188. The molecule has 5 nitrogen and oxygen atoms in total. The number of ketones is 1. The molecule has 0 unspecified atom stereocenters. The molecule has 118 valence electrons. The smallest absolute Gasteiger partial charge is 0.200 e. The van der Waals surface area contributed by atoms with Crippen LogP contribution in [0.2, 0.25) is 5.02 Å². The van der Waals surface area contributed by atoms with Crippen LogP contribution in [0.5, 0.6) is 0 Å². The first-order valence-corrected chi connectivity index (χ1v) is 8.44. The Morgan fingerprint density at radius 2 is 2.09 bits per heavy atom. The van der Waals surface area contributed by atoms with Gasteiger partial charge in [0.25, 0.3) is 0 Å². The van der Waals surface area contributed by atoms with Crippen molar-refractivity contribution in [3.8, 4) is 11.6 Å². The van der Waals surface area contributed by atoms with Crippen molar-refractivity contribution in [1.82, 2.24) is 14.8 Å². The first kappa shape index (κ1) is 15.8. The second-order valence-corrected chi connectivity index (χ2v) is 6.07. The predicted octanol–water partition coefficient (Wildman–Crippen LogP) is 4.19. The third kappa shape index (κ3) is 3.33. The van der Waals surface area contributed by atoms with Crippen molar-refractivity contribution in [2.45, 2.75) is 18.6 Å². The van der Waals surface area contributed by atoms with Crippen LogP contribution in [0.25, 0.3) is 11.6 Å². The first-order chi connectivity index (χ1) is 11.2. The third-order valence-corrected chi connectivity index (χ3v) is 4.58. The molecule has 0 saturated heterocycles. The van der Waals surface area contributed by atoms with Gasteiger partial charge in [-0.3, -0.25) is 9.36 Å². The summed E-state index contributed by atoms with van der Waals surface area (Å²) in [6.45, 7) is 2.68. The van der Waals surface area contributed by atoms with Crippen LogP contribution in [0, 0.1) is 0 Å². The number of rotatable bonds is 6. The number of aromatic nitrogens is 3. The Hall–Kier alpha value is -2.05. The van der Waals surface area contributed by atoms with Gasteiger partial charge >= 0.3 is 0 Å². The lowest BCUT2D eigenvalue weighted by atomic mass is 10.1. The quantitative estimate of drug-likeness (QED) is 0.494. The number of thioether (sulfide) groups is 1. The minimum Gasteiger partial charge on any atom is -0.461 e. The summed E-state index contributed by atoms with van der Waals surface area (Å²) in [5, 5.41) is 9.46. The number of halogens is 1. The van der Waals surface area contributed by atoms with Crippen LogP contribution in [0.1, 0.15) is 17.3 Å². The lowest BCUT2D eigenvalue weighted by Crippen LogP contribution is -2.05. The zero-order valence-corrected chi connectivity index (χ0v) is 14.0. The van der Waals surface area contributed by atoms with E-state index in [4.69, 9.17) is 16.0 Å². The standard InChI is InChI=1S/C16H14ClN3O2S/c1-2-20-15(14-8-5-9-22-14)18-19-16(20)23-10-13(21)11-6-3-4-7-12(11)17/h3-9H,2,10H2,1H3. The first-order valence-electron chi connectivity index (χ1n) is 7.08. The summed E-state index contributed by atoms with van der Waals surface area (Å²) in [4.78, 5) is 12.3. The lowest BCUT2D eigenvalue weighted by molar-refractivity contribution is 0.102. The molecule has 3 rings (SSSR count). The fourth-order valence-corrected chi connectivity index (χ4v) is 3.29. The fourth-order valence-electron chi connectivity index (χ4n) is 2.16. The van der Waals surface area contributed by atoms with Crippen molar-refractivity contribution in [3.05, 3.63) is 53.2 Å². The van der Waals surface area contributed by atoms with Crippen LogP contribution in [0.15, 0.2) is 52.2 Å². The van der Waals surface area contributed by atoms with Crippen molar-refractivity contribution in [2.24, 2.45) is 0 Å². The van der Waals surface area contributed by atoms with Gasteiger partial charge in [0.15, 0.2) is 22.5 Å². The van der Waals surface area contributed by atoms with Crippen LogP contribution < -0.4 is 0 Å². The van der Waals surface area contributed by atoms with Gasteiger partial charge in [-0.15, -0.1) is 10.2 Å². The summed E-state index contributed by atoms with van der Waals surface area (Å²) in [7, 11) is 0. The number of nitrogens with zero attached hydrogens (tertiary/aromatic N) is 3. The summed E-state index contributed by atoms with van der Waals surface area (Å²) in [6.07, 6.45) is 1.59. The van der Waals surface area contributed by atoms with E-state index in [0.29, 0.717) is 33.9 Å². The zero-order valence-electron chi connectivity index (χ0n) is 12.4. The Balaban J connectivity index is 1.76. The van der Waals surface area contributed by atoms with Gasteiger partial charge in [-0.25, -0.2) is 0 Å². The number of carbonyl (C=O) groups is 1. The Labute approximate surface area is 142 Å². The number of furan rings is 1. The van der Waals surface area contributed by atoms with Gasteiger partial charge in [-0.2, -0.15) is 0 Å². The molecule has 2 heterocycles. The molecule has 7 heteroatoms. The highest BCUT2D eigenvalue weighted by Gasteiger charge is 2.17. The van der Waals surface area contributed by atoms with Crippen molar-refractivity contribution < 1.29 is 9.21 Å². The Kier molecular flexibility index (Phi) is 4.83. The van der Waals surface area contributed by atoms with E-state index < -0.39 is 0 Å². The largest absolute Gasteiger partial charge is 0.461 e. The monoisotopic (exact) mass is 347 g/mol. The molecule has 0 fully saturated rings. The highest BCUT2D eigenvalue weighted by molar-refractivity contribution is 7.99. The number of carbonyl (C=O) groups excluding carboxylic acids is 1. The van der Waals surface area contributed by atoms with Crippen LogP contribution in [0.4, 0.5) is 0 Å². The summed E-state index contributed by atoms with van der Waals surface area (Å²) in [6, 6.07) is 10.7. The number of benzene rings is 1. The van der Waals surface area contributed by atoms with E-state index in [1.54, 1.807) is 36.6 Å². The Morgan fingerprint density at radius 3 is 2.78 bits per heavy atom. The molecule has 0 aliphatic heterocycles. The number of hydrogen-bond acceptors (Lipinski definition) is 5. The van der Waals surface area contributed by atoms with Gasteiger partial charge in [0.2, 0.25) is 0 Å². The van der Waals surface area contributed by atoms with E-state index >= 15 is 0 Å². The van der Waals surface area contributed by atoms with Crippen molar-refractivity contribution in [2.75, 3.05) is 5.75 Å². The molecule has 0 radical (unpaired) electrons. The summed E-state index contributed by atoms with van der Waals surface area (Å²) in [5.74, 6) is 1.53. The SMILES string of the molecule is CCn1c(SCC(=O)c2ccccc2Cl)nnc1-c1ccco1. The molecule has 1 aromatic carbocycles. The maximum atomic E-state index is 12.3. The highest BCUT2D eigenvalue weighted by atomic mass is 35.5. The van der Waals surface area contributed by atoms with Crippen LogP contribution >= 0.6 is 23.4 Å². The molecule has 2 aromatic heterocycles. The topological polar surface area (TPSA) is 60.9 Å². The Morgan fingerprint density at radius 1 is 1.26 bits per heavy atom. The summed E-state index contributed by atoms with van der Waals surface area (Å²) < 4.78 is 7.29. The molecule has 0 N–H and O–H groups in total. The van der Waals surface area contributed by atoms with Crippen LogP contribution in [-0.4, -0.2) is 26.3 Å². The summed E-state index contributed by atoms with van der Waals surface area (Å²) >= 11 is 7.40. The molecule has 0 aliphatic rings.